The fourth-order valence-electron chi connectivity index (χ4n) is 3.48. The molecule has 1 aromatic carbocycles. The van der Waals surface area contributed by atoms with Crippen LogP contribution < -0.4 is 5.32 Å². The zero-order valence-electron chi connectivity index (χ0n) is 16.0. The van der Waals surface area contributed by atoms with Crippen molar-refractivity contribution in [3.8, 4) is 0 Å². The van der Waals surface area contributed by atoms with Gasteiger partial charge in [0.25, 0.3) is 0 Å². The maximum atomic E-state index is 12.7. The molecule has 1 aliphatic rings. The van der Waals surface area contributed by atoms with E-state index in [0.717, 1.165) is 24.0 Å². The van der Waals surface area contributed by atoms with E-state index < -0.39 is 17.6 Å². The molecule has 0 saturated carbocycles. The van der Waals surface area contributed by atoms with Crippen molar-refractivity contribution in [2.45, 2.75) is 24.9 Å². The Hall–Kier alpha value is -2.87. The number of hydrogen-bond acceptors (Lipinski definition) is 4. The van der Waals surface area contributed by atoms with E-state index in [1.807, 2.05) is 43.6 Å². The van der Waals surface area contributed by atoms with Crippen molar-refractivity contribution in [1.29, 1.82) is 0 Å². The fraction of sp³-hybridized carbons (Fsp3) is 0.450. The summed E-state index contributed by atoms with van der Waals surface area (Å²) >= 11 is 0. The van der Waals surface area contributed by atoms with E-state index in [0.29, 0.717) is 19.6 Å². The number of amides is 2. The van der Waals surface area contributed by atoms with Gasteiger partial charge < -0.3 is 20.1 Å². The molecule has 1 aromatic heterocycles. The molecule has 1 fully saturated rings. The van der Waals surface area contributed by atoms with E-state index in [2.05, 4.69) is 10.4 Å². The monoisotopic (exact) mass is 386 g/mol. The number of nitrogens with zero attached hydrogens (tertiary/aromatic N) is 3. The second-order valence-electron chi connectivity index (χ2n) is 7.06. The van der Waals surface area contributed by atoms with Crippen molar-refractivity contribution in [1.82, 2.24) is 20.0 Å². The number of aryl methyl sites for hydroxylation is 1. The Labute approximate surface area is 164 Å². The lowest BCUT2D eigenvalue weighted by atomic mass is 9.93. The molecule has 1 saturated heterocycles. The molecule has 3 rings (SSSR count). The number of carboxylic acid groups (broad SMARTS) is 1. The third kappa shape index (κ3) is 4.89. The standard InChI is InChI=1S/C20H26N4O4/c1-23-13-17(12-22-23)20(9-5-11-28-20)15-21-19(27)24(14-18(25)26)10-8-16-6-3-2-4-7-16/h2-4,6-7,12-13H,5,8-11,14-15H2,1H3,(H,21,27)(H,25,26). The van der Waals surface area contributed by atoms with Gasteiger partial charge in [-0.1, -0.05) is 30.3 Å². The third-order valence-corrected chi connectivity index (χ3v) is 4.99. The van der Waals surface area contributed by atoms with Crippen LogP contribution in [0.5, 0.6) is 0 Å². The lowest BCUT2D eigenvalue weighted by molar-refractivity contribution is -0.137. The number of benzene rings is 1. The first-order valence-electron chi connectivity index (χ1n) is 9.40. The summed E-state index contributed by atoms with van der Waals surface area (Å²) in [5.41, 5.74) is 1.36. The summed E-state index contributed by atoms with van der Waals surface area (Å²) < 4.78 is 7.68. The van der Waals surface area contributed by atoms with E-state index in [1.54, 1.807) is 10.9 Å². The molecular formula is C20H26N4O4. The predicted molar refractivity (Wildman–Crippen MR) is 103 cm³/mol. The van der Waals surface area contributed by atoms with Gasteiger partial charge in [-0.15, -0.1) is 0 Å². The van der Waals surface area contributed by atoms with Gasteiger partial charge in [0, 0.05) is 32.0 Å². The van der Waals surface area contributed by atoms with Crippen LogP contribution in [-0.2, 0) is 28.6 Å². The van der Waals surface area contributed by atoms with Crippen LogP contribution in [0, 0.1) is 0 Å². The second-order valence-corrected chi connectivity index (χ2v) is 7.06. The highest BCUT2D eigenvalue weighted by atomic mass is 16.5. The van der Waals surface area contributed by atoms with Gasteiger partial charge in [0.15, 0.2) is 0 Å². The van der Waals surface area contributed by atoms with Crippen molar-refractivity contribution < 1.29 is 19.4 Å². The molecule has 2 amide bonds. The molecule has 2 N–H and O–H groups in total. The molecule has 1 atom stereocenters. The van der Waals surface area contributed by atoms with Gasteiger partial charge in [0.2, 0.25) is 0 Å². The van der Waals surface area contributed by atoms with Crippen LogP contribution in [0.15, 0.2) is 42.7 Å². The van der Waals surface area contributed by atoms with E-state index in [4.69, 9.17) is 4.74 Å². The Morgan fingerprint density at radius 2 is 2.14 bits per heavy atom. The maximum absolute atomic E-state index is 12.7. The van der Waals surface area contributed by atoms with Crippen molar-refractivity contribution in [2.24, 2.45) is 7.05 Å². The summed E-state index contributed by atoms with van der Waals surface area (Å²) in [6, 6.07) is 9.28. The second kappa shape index (κ2) is 8.88. The largest absolute Gasteiger partial charge is 0.480 e. The van der Waals surface area contributed by atoms with Gasteiger partial charge in [-0.05, 0) is 24.8 Å². The molecular weight excluding hydrogens is 360 g/mol. The minimum absolute atomic E-state index is 0.277. The summed E-state index contributed by atoms with van der Waals surface area (Å²) in [5.74, 6) is -1.04. The van der Waals surface area contributed by atoms with Crippen molar-refractivity contribution in [2.75, 3.05) is 26.2 Å². The number of urea groups is 1. The number of carbonyl (C=O) groups excluding carboxylic acids is 1. The summed E-state index contributed by atoms with van der Waals surface area (Å²) in [4.78, 5) is 25.2. The summed E-state index contributed by atoms with van der Waals surface area (Å²) in [6.45, 7) is 0.874. The number of carboxylic acids is 1. The molecule has 0 bridgehead atoms. The van der Waals surface area contributed by atoms with E-state index >= 15 is 0 Å². The normalized spacial score (nSPS) is 18.8. The zero-order chi connectivity index (χ0) is 20.0. The van der Waals surface area contributed by atoms with Crippen LogP contribution in [0.2, 0.25) is 0 Å². The Balaban J connectivity index is 1.64. The molecule has 8 nitrogen and oxygen atoms in total. The highest BCUT2D eigenvalue weighted by Gasteiger charge is 2.38. The van der Waals surface area contributed by atoms with Gasteiger partial charge in [-0.25, -0.2) is 4.79 Å². The minimum Gasteiger partial charge on any atom is -0.480 e. The molecule has 1 aliphatic heterocycles. The lowest BCUT2D eigenvalue weighted by Gasteiger charge is -2.29. The van der Waals surface area contributed by atoms with Gasteiger partial charge in [-0.2, -0.15) is 5.10 Å². The van der Waals surface area contributed by atoms with Gasteiger partial charge in [0.05, 0.1) is 12.7 Å². The van der Waals surface area contributed by atoms with Crippen LogP contribution >= 0.6 is 0 Å². The predicted octanol–water partition coefficient (Wildman–Crippen LogP) is 1.76. The molecule has 28 heavy (non-hydrogen) atoms. The Kier molecular flexibility index (Phi) is 6.30. The van der Waals surface area contributed by atoms with Crippen LogP contribution in [0.25, 0.3) is 0 Å². The Morgan fingerprint density at radius 3 is 2.75 bits per heavy atom. The molecule has 1 unspecified atom stereocenters. The molecule has 2 heterocycles. The Morgan fingerprint density at radius 1 is 1.36 bits per heavy atom. The molecule has 8 heteroatoms. The third-order valence-electron chi connectivity index (χ3n) is 4.99. The lowest BCUT2D eigenvalue weighted by Crippen LogP contribution is -2.48. The number of carbonyl (C=O) groups is 2. The average molecular weight is 386 g/mol. The number of nitrogens with one attached hydrogen (secondary N) is 1. The maximum Gasteiger partial charge on any atom is 0.323 e. The molecule has 0 radical (unpaired) electrons. The van der Waals surface area contributed by atoms with Crippen LogP contribution in [0.4, 0.5) is 4.79 Å². The van der Waals surface area contributed by atoms with Crippen LogP contribution in [-0.4, -0.2) is 58.0 Å². The minimum atomic E-state index is -1.04. The summed E-state index contributed by atoms with van der Waals surface area (Å²) in [6.07, 6.45) is 5.91. The zero-order valence-corrected chi connectivity index (χ0v) is 16.0. The molecule has 150 valence electrons. The number of ether oxygens (including phenoxy) is 1. The number of hydrogen-bond donors (Lipinski definition) is 2. The van der Waals surface area contributed by atoms with Gasteiger partial charge in [-0.3, -0.25) is 9.48 Å². The molecule has 2 aromatic rings. The number of aliphatic carboxylic acids is 1. The van der Waals surface area contributed by atoms with E-state index in [9.17, 15) is 14.7 Å². The average Bonchev–Trinajstić information content (AvgIpc) is 3.33. The summed E-state index contributed by atoms with van der Waals surface area (Å²) in [7, 11) is 1.84. The molecule has 0 aliphatic carbocycles. The van der Waals surface area contributed by atoms with Crippen LogP contribution in [0.1, 0.15) is 24.0 Å². The fourth-order valence-corrected chi connectivity index (χ4v) is 3.48. The van der Waals surface area contributed by atoms with Gasteiger partial charge in [0.1, 0.15) is 12.1 Å². The highest BCUT2D eigenvalue weighted by molar-refractivity contribution is 5.80. The van der Waals surface area contributed by atoms with Crippen molar-refractivity contribution >= 4 is 12.0 Å². The first kappa shape index (κ1) is 19.9. The SMILES string of the molecule is Cn1cc(C2(CNC(=O)N(CCc3ccccc3)CC(=O)O)CCCO2)cn1. The molecule has 0 spiro atoms. The number of aromatic nitrogens is 2. The summed E-state index contributed by atoms with van der Waals surface area (Å²) in [5, 5.41) is 16.3. The van der Waals surface area contributed by atoms with Crippen molar-refractivity contribution in [3.63, 3.8) is 0 Å². The van der Waals surface area contributed by atoms with Crippen LogP contribution in [0.3, 0.4) is 0 Å². The van der Waals surface area contributed by atoms with E-state index in [1.165, 1.54) is 4.90 Å². The first-order valence-corrected chi connectivity index (χ1v) is 9.40. The van der Waals surface area contributed by atoms with Gasteiger partial charge >= 0.3 is 12.0 Å². The quantitative estimate of drug-likeness (QED) is 0.721. The smallest absolute Gasteiger partial charge is 0.323 e. The highest BCUT2D eigenvalue weighted by Crippen LogP contribution is 2.35. The Bertz CT molecular complexity index is 800. The van der Waals surface area contributed by atoms with E-state index in [-0.39, 0.29) is 13.1 Å². The first-order chi connectivity index (χ1) is 13.5. The number of rotatable bonds is 8. The van der Waals surface area contributed by atoms with Crippen molar-refractivity contribution in [3.05, 3.63) is 53.9 Å². The topological polar surface area (TPSA) is 96.7 Å².